The summed E-state index contributed by atoms with van der Waals surface area (Å²) in [6.45, 7) is -0.202. The van der Waals surface area contributed by atoms with Crippen LogP contribution in [-0.2, 0) is 25.6 Å². The zero-order valence-electron chi connectivity index (χ0n) is 18.1. The number of aliphatic imine (C=N–C) groups is 1. The lowest BCUT2D eigenvalue weighted by Gasteiger charge is -2.22. The average Bonchev–Trinajstić information content (AvgIpc) is 2.78. The minimum absolute atomic E-state index is 0.0637. The SMILES string of the molecule is NC(N)=NCCCC(NC(=O)CNC(=O)C(N)CS)C(=O)NC(Cc1ccccc1)C(=O)O. The molecule has 0 aliphatic carbocycles. The van der Waals surface area contributed by atoms with Crippen molar-refractivity contribution < 1.29 is 24.3 Å². The van der Waals surface area contributed by atoms with Gasteiger partial charge < -0.3 is 38.3 Å². The van der Waals surface area contributed by atoms with Crippen LogP contribution in [0.2, 0.25) is 0 Å². The third kappa shape index (κ3) is 11.2. The van der Waals surface area contributed by atoms with Crippen LogP contribution in [0.5, 0.6) is 0 Å². The van der Waals surface area contributed by atoms with Gasteiger partial charge in [0, 0.05) is 18.7 Å². The highest BCUT2D eigenvalue weighted by atomic mass is 32.1. The predicted octanol–water partition coefficient (Wildman–Crippen LogP) is -2.29. The molecule has 3 amide bonds. The summed E-state index contributed by atoms with van der Waals surface area (Å²) in [7, 11) is 0. The lowest BCUT2D eigenvalue weighted by molar-refractivity contribution is -0.142. The fraction of sp³-hybridized carbons (Fsp3) is 0.450. The molecule has 10 N–H and O–H groups in total. The number of aliphatic carboxylic acids is 1. The Bertz CT molecular complexity index is 833. The maximum absolute atomic E-state index is 12.8. The third-order valence-corrected chi connectivity index (χ3v) is 4.84. The summed E-state index contributed by atoms with van der Waals surface area (Å²) in [5, 5.41) is 16.8. The minimum atomic E-state index is -1.22. The van der Waals surface area contributed by atoms with Gasteiger partial charge in [-0.25, -0.2) is 4.79 Å². The van der Waals surface area contributed by atoms with Gasteiger partial charge in [-0.3, -0.25) is 19.4 Å². The lowest BCUT2D eigenvalue weighted by atomic mass is 10.0. The topological polar surface area (TPSA) is 215 Å². The number of guanidine groups is 1. The van der Waals surface area contributed by atoms with Gasteiger partial charge in [-0.15, -0.1) is 0 Å². The summed E-state index contributed by atoms with van der Waals surface area (Å²) in [6, 6.07) is 5.65. The highest BCUT2D eigenvalue weighted by Crippen LogP contribution is 2.05. The Morgan fingerprint density at radius 3 is 2.27 bits per heavy atom. The Kier molecular flexibility index (Phi) is 12.3. The number of hydrogen-bond acceptors (Lipinski definition) is 7. The van der Waals surface area contributed by atoms with Crippen LogP contribution >= 0.6 is 12.6 Å². The van der Waals surface area contributed by atoms with Gasteiger partial charge in [0.1, 0.15) is 12.1 Å². The molecule has 0 aliphatic rings. The summed E-state index contributed by atoms with van der Waals surface area (Å²) >= 11 is 3.91. The number of carbonyl (C=O) groups excluding carboxylic acids is 3. The van der Waals surface area contributed by atoms with Crippen LogP contribution in [0.3, 0.4) is 0 Å². The first-order chi connectivity index (χ1) is 15.6. The first-order valence-electron chi connectivity index (χ1n) is 10.2. The Hall–Kier alpha value is -3.32. The van der Waals surface area contributed by atoms with Crippen LogP contribution in [0.15, 0.2) is 35.3 Å². The molecule has 0 saturated heterocycles. The van der Waals surface area contributed by atoms with Crippen molar-refractivity contribution in [3.63, 3.8) is 0 Å². The van der Waals surface area contributed by atoms with Crippen LogP contribution < -0.4 is 33.2 Å². The van der Waals surface area contributed by atoms with Crippen molar-refractivity contribution in [2.45, 2.75) is 37.4 Å². The first kappa shape index (κ1) is 27.7. The zero-order chi connectivity index (χ0) is 24.8. The molecule has 0 bridgehead atoms. The summed E-state index contributed by atoms with van der Waals surface area (Å²) in [5.74, 6) is -3.13. The average molecular weight is 482 g/mol. The second-order valence-corrected chi connectivity index (χ2v) is 7.53. The molecule has 0 aromatic heterocycles. The summed E-state index contributed by atoms with van der Waals surface area (Å²) < 4.78 is 0. The van der Waals surface area contributed by atoms with Gasteiger partial charge in [-0.05, 0) is 18.4 Å². The van der Waals surface area contributed by atoms with E-state index in [0.29, 0.717) is 6.42 Å². The van der Waals surface area contributed by atoms with Crippen LogP contribution in [0, 0.1) is 0 Å². The van der Waals surface area contributed by atoms with E-state index in [1.54, 1.807) is 30.3 Å². The van der Waals surface area contributed by atoms with E-state index in [0.717, 1.165) is 5.56 Å². The van der Waals surface area contributed by atoms with E-state index in [-0.39, 0.29) is 31.1 Å². The third-order valence-electron chi connectivity index (χ3n) is 4.45. The number of rotatable bonds is 14. The number of carbonyl (C=O) groups is 4. The summed E-state index contributed by atoms with van der Waals surface area (Å²) in [5.41, 5.74) is 16.8. The summed E-state index contributed by atoms with van der Waals surface area (Å²) in [6.07, 6.45) is 0.536. The molecule has 0 fully saturated rings. The van der Waals surface area contributed by atoms with E-state index >= 15 is 0 Å². The number of nitrogens with one attached hydrogen (secondary N) is 3. The van der Waals surface area contributed by atoms with Crippen LogP contribution in [0.1, 0.15) is 18.4 Å². The monoisotopic (exact) mass is 481 g/mol. The van der Waals surface area contributed by atoms with Crippen molar-refractivity contribution in [1.29, 1.82) is 0 Å². The Morgan fingerprint density at radius 1 is 1.03 bits per heavy atom. The molecule has 0 radical (unpaired) electrons. The van der Waals surface area contributed by atoms with Crippen LogP contribution in [0.4, 0.5) is 0 Å². The van der Waals surface area contributed by atoms with Gasteiger partial charge in [0.2, 0.25) is 17.7 Å². The van der Waals surface area contributed by atoms with Crippen LogP contribution in [0.25, 0.3) is 0 Å². The number of amides is 3. The number of thiol groups is 1. The number of benzene rings is 1. The quantitative estimate of drug-likeness (QED) is 0.0624. The molecule has 3 unspecified atom stereocenters. The van der Waals surface area contributed by atoms with Crippen molar-refractivity contribution in [1.82, 2.24) is 16.0 Å². The standard InChI is InChI=1S/C20H31N7O5S/c21-13(11-33)17(29)25-10-16(28)26-14(7-4-8-24-20(22)23)18(30)27-15(19(31)32)9-12-5-2-1-3-6-12/h1-3,5-6,13-15,33H,4,7-11,21H2,(H,25,29)(H,26,28)(H,27,30)(H,31,32)(H4,22,23,24). The van der Waals surface area contributed by atoms with E-state index in [2.05, 4.69) is 33.6 Å². The highest BCUT2D eigenvalue weighted by Gasteiger charge is 2.26. The van der Waals surface area contributed by atoms with Crippen LogP contribution in [-0.4, -0.2) is 71.7 Å². The zero-order valence-corrected chi connectivity index (χ0v) is 19.0. The Labute approximate surface area is 197 Å². The molecule has 33 heavy (non-hydrogen) atoms. The maximum atomic E-state index is 12.8. The second-order valence-electron chi connectivity index (χ2n) is 7.16. The van der Waals surface area contributed by atoms with Gasteiger partial charge in [-0.1, -0.05) is 30.3 Å². The second kappa shape index (κ2) is 14.7. The molecule has 3 atom stereocenters. The summed E-state index contributed by atoms with van der Waals surface area (Å²) in [4.78, 5) is 52.3. The molecule has 1 rings (SSSR count). The van der Waals surface area contributed by atoms with Gasteiger partial charge >= 0.3 is 5.97 Å². The van der Waals surface area contributed by atoms with Crippen molar-refractivity contribution >= 4 is 42.3 Å². The predicted molar refractivity (Wildman–Crippen MR) is 126 cm³/mol. The maximum Gasteiger partial charge on any atom is 0.326 e. The number of nitrogens with zero attached hydrogens (tertiary/aromatic N) is 1. The van der Waals surface area contributed by atoms with Crippen molar-refractivity contribution in [2.24, 2.45) is 22.2 Å². The largest absolute Gasteiger partial charge is 0.480 e. The first-order valence-corrected chi connectivity index (χ1v) is 10.8. The van der Waals surface area contributed by atoms with E-state index < -0.39 is 48.4 Å². The number of carboxylic acids is 1. The molecule has 1 aromatic rings. The Balaban J connectivity index is 2.81. The molecule has 0 spiro atoms. The molecule has 1 aromatic carbocycles. The smallest absolute Gasteiger partial charge is 0.326 e. The van der Waals surface area contributed by atoms with Crippen molar-refractivity contribution in [3.8, 4) is 0 Å². The molecule has 13 heteroatoms. The fourth-order valence-electron chi connectivity index (χ4n) is 2.72. The molecule has 12 nitrogen and oxygen atoms in total. The molecular weight excluding hydrogens is 450 g/mol. The van der Waals surface area contributed by atoms with E-state index in [1.807, 2.05) is 0 Å². The van der Waals surface area contributed by atoms with Crippen molar-refractivity contribution in [2.75, 3.05) is 18.8 Å². The van der Waals surface area contributed by atoms with Gasteiger partial charge in [-0.2, -0.15) is 12.6 Å². The molecule has 0 heterocycles. The highest BCUT2D eigenvalue weighted by molar-refractivity contribution is 7.80. The molecule has 0 aliphatic heterocycles. The van der Waals surface area contributed by atoms with Gasteiger partial charge in [0.15, 0.2) is 5.96 Å². The van der Waals surface area contributed by atoms with Gasteiger partial charge in [0.25, 0.3) is 0 Å². The number of hydrogen-bond donors (Lipinski definition) is 8. The van der Waals surface area contributed by atoms with Gasteiger partial charge in [0.05, 0.1) is 12.6 Å². The van der Waals surface area contributed by atoms with Crippen molar-refractivity contribution in [3.05, 3.63) is 35.9 Å². The molecular formula is C20H31N7O5S. The fourth-order valence-corrected chi connectivity index (χ4v) is 2.89. The van der Waals surface area contributed by atoms with E-state index in [1.165, 1.54) is 0 Å². The lowest BCUT2D eigenvalue weighted by Crippen LogP contribution is -2.54. The Morgan fingerprint density at radius 2 is 1.70 bits per heavy atom. The molecule has 182 valence electrons. The van der Waals surface area contributed by atoms with E-state index in [9.17, 15) is 24.3 Å². The number of carboxylic acid groups (broad SMARTS) is 1. The normalized spacial score (nSPS) is 13.2. The minimum Gasteiger partial charge on any atom is -0.480 e. The van der Waals surface area contributed by atoms with E-state index in [4.69, 9.17) is 17.2 Å². The molecule has 0 saturated carbocycles. The number of nitrogens with two attached hydrogens (primary N) is 3.